The summed E-state index contributed by atoms with van der Waals surface area (Å²) >= 11 is 5.26. The minimum Gasteiger partial charge on any atom is -0.352 e. The quantitative estimate of drug-likeness (QED) is 0.581. The largest absolute Gasteiger partial charge is 0.352 e. The molecule has 0 saturated carbocycles. The van der Waals surface area contributed by atoms with Gasteiger partial charge in [0.25, 0.3) is 5.91 Å². The fraction of sp³-hybridized carbons (Fsp3) is 0.136. The highest BCUT2D eigenvalue weighted by Gasteiger charge is 2.13. The first-order valence-corrected chi connectivity index (χ1v) is 9.44. The maximum absolute atomic E-state index is 12.5. The fourth-order valence-corrected chi connectivity index (χ4v) is 3.21. The van der Waals surface area contributed by atoms with Crippen LogP contribution in [0.4, 0.5) is 5.69 Å². The minimum absolute atomic E-state index is 0.155. The zero-order valence-electron chi connectivity index (χ0n) is 15.5. The van der Waals surface area contributed by atoms with Gasteiger partial charge >= 0.3 is 0 Å². The number of thiocarbonyl (C=S) groups is 1. The van der Waals surface area contributed by atoms with Gasteiger partial charge in [-0.3, -0.25) is 9.59 Å². The number of anilines is 1. The van der Waals surface area contributed by atoms with Crippen LogP contribution < -0.4 is 16.0 Å². The van der Waals surface area contributed by atoms with Crippen molar-refractivity contribution in [2.75, 3.05) is 11.9 Å². The molecular weight excluding hydrogens is 370 g/mol. The van der Waals surface area contributed by atoms with E-state index in [0.29, 0.717) is 17.8 Å². The Balaban J connectivity index is 1.67. The highest BCUT2D eigenvalue weighted by molar-refractivity contribution is 7.80. The monoisotopic (exact) mass is 391 g/mol. The smallest absolute Gasteiger partial charge is 0.253 e. The molecule has 0 saturated heterocycles. The molecule has 28 heavy (non-hydrogen) atoms. The Hall–Kier alpha value is -3.25. The van der Waals surface area contributed by atoms with Crippen molar-refractivity contribution >= 4 is 45.6 Å². The van der Waals surface area contributed by atoms with Crippen LogP contribution in [0.1, 0.15) is 22.8 Å². The lowest BCUT2D eigenvalue weighted by atomic mass is 10.0. The number of carbonyl (C=O) groups is 2. The van der Waals surface area contributed by atoms with Gasteiger partial charge in [-0.1, -0.05) is 54.6 Å². The summed E-state index contributed by atoms with van der Waals surface area (Å²) in [5.74, 6) is -0.417. The van der Waals surface area contributed by atoms with E-state index in [0.717, 1.165) is 16.3 Å². The summed E-state index contributed by atoms with van der Waals surface area (Å²) in [7, 11) is 0. The van der Waals surface area contributed by atoms with Crippen LogP contribution in [0, 0.1) is 0 Å². The Morgan fingerprint density at radius 3 is 2.46 bits per heavy atom. The van der Waals surface area contributed by atoms with Crippen molar-refractivity contribution in [1.82, 2.24) is 10.6 Å². The second kappa shape index (κ2) is 9.10. The first kappa shape index (κ1) is 19.5. The van der Waals surface area contributed by atoms with Crippen LogP contribution in [0.15, 0.2) is 66.7 Å². The van der Waals surface area contributed by atoms with Crippen molar-refractivity contribution in [2.45, 2.75) is 13.3 Å². The number of rotatable bonds is 5. The number of para-hydroxylation sites is 1. The summed E-state index contributed by atoms with van der Waals surface area (Å²) < 4.78 is 0. The summed E-state index contributed by atoms with van der Waals surface area (Å²) in [6.45, 7) is 2.38. The van der Waals surface area contributed by atoms with Crippen molar-refractivity contribution in [3.05, 3.63) is 77.9 Å². The van der Waals surface area contributed by atoms with Gasteiger partial charge in [-0.2, -0.15) is 0 Å². The summed E-state index contributed by atoms with van der Waals surface area (Å²) in [5.41, 5.74) is 1.94. The molecule has 3 N–H and O–H groups in total. The molecule has 3 aromatic carbocycles. The Labute approximate surface area is 169 Å². The first-order valence-electron chi connectivity index (χ1n) is 9.03. The van der Waals surface area contributed by atoms with Gasteiger partial charge in [-0.15, -0.1) is 0 Å². The lowest BCUT2D eigenvalue weighted by molar-refractivity contribution is -0.119. The van der Waals surface area contributed by atoms with Crippen molar-refractivity contribution in [3.63, 3.8) is 0 Å². The molecule has 0 heterocycles. The van der Waals surface area contributed by atoms with Crippen molar-refractivity contribution in [1.29, 1.82) is 0 Å². The third-order valence-electron chi connectivity index (χ3n) is 4.24. The van der Waals surface area contributed by atoms with Crippen molar-refractivity contribution in [3.8, 4) is 0 Å². The fourth-order valence-electron chi connectivity index (χ4n) is 2.99. The molecule has 0 aliphatic heterocycles. The summed E-state index contributed by atoms with van der Waals surface area (Å²) in [6.07, 6.45) is 0.209. The molecule has 3 rings (SSSR count). The predicted octanol–water partition coefficient (Wildman–Crippen LogP) is 3.65. The van der Waals surface area contributed by atoms with Gasteiger partial charge in [-0.05, 0) is 47.6 Å². The molecule has 2 amide bonds. The van der Waals surface area contributed by atoms with Crippen LogP contribution in [0.2, 0.25) is 0 Å². The van der Waals surface area contributed by atoms with E-state index in [1.54, 1.807) is 24.3 Å². The normalized spacial score (nSPS) is 10.3. The number of hydrogen-bond donors (Lipinski definition) is 3. The highest BCUT2D eigenvalue weighted by atomic mass is 32.1. The Morgan fingerprint density at radius 2 is 1.64 bits per heavy atom. The molecule has 0 radical (unpaired) electrons. The molecule has 3 aromatic rings. The number of benzene rings is 3. The van der Waals surface area contributed by atoms with E-state index < -0.39 is 0 Å². The molecule has 0 aliphatic carbocycles. The Bertz CT molecular complexity index is 1030. The third-order valence-corrected chi connectivity index (χ3v) is 4.45. The average molecular weight is 391 g/mol. The lowest BCUT2D eigenvalue weighted by Gasteiger charge is -2.13. The molecule has 0 aromatic heterocycles. The van der Waals surface area contributed by atoms with E-state index in [1.807, 2.05) is 49.4 Å². The van der Waals surface area contributed by atoms with Gasteiger partial charge < -0.3 is 16.0 Å². The highest BCUT2D eigenvalue weighted by Crippen LogP contribution is 2.19. The second-order valence-electron chi connectivity index (χ2n) is 6.22. The molecule has 0 unspecified atom stereocenters. The van der Waals surface area contributed by atoms with Crippen LogP contribution in [0.5, 0.6) is 0 Å². The number of fused-ring (bicyclic) bond motifs is 1. The van der Waals surface area contributed by atoms with E-state index in [1.165, 1.54) is 0 Å². The summed E-state index contributed by atoms with van der Waals surface area (Å²) in [6, 6.07) is 20.8. The molecule has 0 spiro atoms. The Kier molecular flexibility index (Phi) is 6.34. The number of nitrogens with one attached hydrogen (secondary N) is 3. The maximum Gasteiger partial charge on any atom is 0.253 e. The van der Waals surface area contributed by atoms with Crippen molar-refractivity contribution < 1.29 is 9.59 Å². The summed E-state index contributed by atoms with van der Waals surface area (Å²) in [4.78, 5) is 24.6. The molecule has 0 bridgehead atoms. The number of hydrogen-bond acceptors (Lipinski definition) is 3. The number of carbonyl (C=O) groups excluding carboxylic acids is 2. The van der Waals surface area contributed by atoms with Crippen LogP contribution in [0.25, 0.3) is 10.8 Å². The SMILES string of the molecule is CCNC(=O)c1ccccc1NC(=S)NC(=O)Cc1cccc2ccccc12. The molecule has 142 valence electrons. The van der Waals surface area contributed by atoms with Crippen LogP contribution in [-0.2, 0) is 11.2 Å². The predicted molar refractivity (Wildman–Crippen MR) is 116 cm³/mol. The molecule has 0 fully saturated rings. The van der Waals surface area contributed by atoms with Crippen LogP contribution >= 0.6 is 12.2 Å². The van der Waals surface area contributed by atoms with E-state index in [-0.39, 0.29) is 23.3 Å². The standard InChI is InChI=1S/C22H21N3O2S/c1-2-23-21(27)18-12-5-6-13-19(18)24-22(28)25-20(26)14-16-10-7-9-15-8-3-4-11-17(15)16/h3-13H,2,14H2,1H3,(H,23,27)(H2,24,25,26,28). The van der Waals surface area contributed by atoms with Gasteiger partial charge in [0.2, 0.25) is 5.91 Å². The van der Waals surface area contributed by atoms with E-state index in [9.17, 15) is 9.59 Å². The average Bonchev–Trinajstić information content (AvgIpc) is 2.68. The molecule has 6 heteroatoms. The Morgan fingerprint density at radius 1 is 0.929 bits per heavy atom. The zero-order chi connectivity index (χ0) is 19.9. The van der Waals surface area contributed by atoms with E-state index in [2.05, 4.69) is 16.0 Å². The van der Waals surface area contributed by atoms with Crippen molar-refractivity contribution in [2.24, 2.45) is 0 Å². The van der Waals surface area contributed by atoms with Gasteiger partial charge in [0.1, 0.15) is 0 Å². The third kappa shape index (κ3) is 4.72. The molecular formula is C22H21N3O2S. The van der Waals surface area contributed by atoms with Gasteiger partial charge in [0, 0.05) is 6.54 Å². The molecule has 0 aliphatic rings. The zero-order valence-corrected chi connectivity index (χ0v) is 16.3. The van der Waals surface area contributed by atoms with Crippen LogP contribution in [-0.4, -0.2) is 23.5 Å². The lowest BCUT2D eigenvalue weighted by Crippen LogP contribution is -2.36. The van der Waals surface area contributed by atoms with Gasteiger partial charge in [0.05, 0.1) is 17.7 Å². The molecule has 0 atom stereocenters. The van der Waals surface area contributed by atoms with E-state index >= 15 is 0 Å². The second-order valence-corrected chi connectivity index (χ2v) is 6.63. The maximum atomic E-state index is 12.5. The van der Waals surface area contributed by atoms with Gasteiger partial charge in [0.15, 0.2) is 5.11 Å². The van der Waals surface area contributed by atoms with Crippen LogP contribution in [0.3, 0.4) is 0 Å². The summed E-state index contributed by atoms with van der Waals surface area (Å²) in [5, 5.41) is 10.7. The minimum atomic E-state index is -0.218. The number of amides is 2. The first-order chi connectivity index (χ1) is 13.6. The van der Waals surface area contributed by atoms with E-state index in [4.69, 9.17) is 12.2 Å². The topological polar surface area (TPSA) is 70.2 Å². The van der Waals surface area contributed by atoms with Gasteiger partial charge in [-0.25, -0.2) is 0 Å². The molecule has 5 nitrogen and oxygen atoms in total.